The lowest BCUT2D eigenvalue weighted by Gasteiger charge is -2.10. The maximum absolute atomic E-state index is 12.7. The average Bonchev–Trinajstić information content (AvgIpc) is 2.34. The van der Waals surface area contributed by atoms with E-state index in [1.807, 2.05) is 0 Å². The second kappa shape index (κ2) is 5.17. The van der Waals surface area contributed by atoms with Gasteiger partial charge in [0, 0.05) is 8.95 Å². The summed E-state index contributed by atoms with van der Waals surface area (Å²) in [6.45, 7) is 0. The van der Waals surface area contributed by atoms with Gasteiger partial charge in [-0.1, -0.05) is 12.1 Å². The highest BCUT2D eigenvalue weighted by molar-refractivity contribution is 9.11. The third-order valence-corrected chi connectivity index (χ3v) is 3.91. The van der Waals surface area contributed by atoms with Crippen LogP contribution in [0.3, 0.4) is 0 Å². The molecule has 0 bridgehead atoms. The molecule has 100 valence electrons. The highest BCUT2D eigenvalue weighted by atomic mass is 79.9. The van der Waals surface area contributed by atoms with E-state index in [9.17, 15) is 13.2 Å². The summed E-state index contributed by atoms with van der Waals surface area (Å²) in [4.78, 5) is 0. The number of alkyl halides is 3. The molecule has 2 aromatic carbocycles. The highest BCUT2D eigenvalue weighted by Crippen LogP contribution is 2.36. The highest BCUT2D eigenvalue weighted by Gasteiger charge is 2.30. The van der Waals surface area contributed by atoms with Crippen LogP contribution in [0.15, 0.2) is 45.3 Å². The van der Waals surface area contributed by atoms with Crippen LogP contribution in [0.25, 0.3) is 11.1 Å². The van der Waals surface area contributed by atoms with Crippen molar-refractivity contribution in [3.8, 4) is 11.1 Å². The minimum Gasteiger partial charge on any atom is -0.397 e. The molecule has 0 aromatic heterocycles. The Kier molecular flexibility index (Phi) is 3.92. The van der Waals surface area contributed by atoms with Gasteiger partial charge in [0.2, 0.25) is 0 Å². The summed E-state index contributed by atoms with van der Waals surface area (Å²) in [5, 5.41) is 0. The molecule has 0 atom stereocenters. The van der Waals surface area contributed by atoms with Gasteiger partial charge < -0.3 is 5.73 Å². The zero-order valence-electron chi connectivity index (χ0n) is 9.43. The number of anilines is 1. The molecule has 0 amide bonds. The molecule has 0 aliphatic rings. The maximum Gasteiger partial charge on any atom is 0.416 e. The molecule has 0 saturated heterocycles. The summed E-state index contributed by atoms with van der Waals surface area (Å²) in [6.07, 6.45) is -4.35. The molecule has 0 heterocycles. The average molecular weight is 395 g/mol. The van der Waals surface area contributed by atoms with Crippen LogP contribution in [-0.2, 0) is 6.18 Å². The number of halogens is 5. The van der Waals surface area contributed by atoms with Gasteiger partial charge in [-0.3, -0.25) is 0 Å². The van der Waals surface area contributed by atoms with Gasteiger partial charge in [-0.2, -0.15) is 13.2 Å². The Labute approximate surface area is 124 Å². The van der Waals surface area contributed by atoms with Crippen LogP contribution in [0.5, 0.6) is 0 Å². The van der Waals surface area contributed by atoms with E-state index in [1.165, 1.54) is 6.07 Å². The number of hydrogen-bond donors (Lipinski definition) is 1. The minimum atomic E-state index is -4.35. The second-order valence-electron chi connectivity index (χ2n) is 3.93. The Morgan fingerprint density at radius 1 is 0.895 bits per heavy atom. The van der Waals surface area contributed by atoms with Gasteiger partial charge in [0.25, 0.3) is 0 Å². The SMILES string of the molecule is Nc1c(Br)cc(-c2cccc(C(F)(F)F)c2)cc1Br. The molecule has 2 rings (SSSR count). The van der Waals surface area contributed by atoms with E-state index in [2.05, 4.69) is 31.9 Å². The molecule has 19 heavy (non-hydrogen) atoms. The van der Waals surface area contributed by atoms with E-state index in [0.717, 1.165) is 12.1 Å². The minimum absolute atomic E-state index is 0.483. The largest absolute Gasteiger partial charge is 0.416 e. The molecular formula is C13H8Br2F3N. The van der Waals surface area contributed by atoms with Crippen LogP contribution in [0, 0.1) is 0 Å². The number of nitrogens with two attached hydrogens (primary N) is 1. The van der Waals surface area contributed by atoms with Crippen LogP contribution in [-0.4, -0.2) is 0 Å². The Morgan fingerprint density at radius 2 is 1.47 bits per heavy atom. The smallest absolute Gasteiger partial charge is 0.397 e. The molecule has 0 radical (unpaired) electrons. The zero-order valence-corrected chi connectivity index (χ0v) is 12.6. The second-order valence-corrected chi connectivity index (χ2v) is 5.64. The van der Waals surface area contributed by atoms with Crippen molar-refractivity contribution < 1.29 is 13.2 Å². The number of nitrogen functional groups attached to an aromatic ring is 1. The first-order valence-electron chi connectivity index (χ1n) is 5.21. The molecule has 0 aliphatic heterocycles. The molecule has 1 nitrogen and oxygen atoms in total. The van der Waals surface area contributed by atoms with Crippen molar-refractivity contribution in [2.24, 2.45) is 0 Å². The number of rotatable bonds is 1. The Morgan fingerprint density at radius 3 is 2.00 bits per heavy atom. The van der Waals surface area contributed by atoms with E-state index in [-0.39, 0.29) is 0 Å². The normalized spacial score (nSPS) is 11.6. The first kappa shape index (κ1) is 14.4. The van der Waals surface area contributed by atoms with Gasteiger partial charge in [0.05, 0.1) is 11.3 Å². The lowest BCUT2D eigenvalue weighted by Crippen LogP contribution is -2.04. The Bertz CT molecular complexity index is 601. The quantitative estimate of drug-likeness (QED) is 0.636. The lowest BCUT2D eigenvalue weighted by atomic mass is 10.0. The fourth-order valence-corrected chi connectivity index (χ4v) is 2.81. The van der Waals surface area contributed by atoms with Gasteiger partial charge in [-0.05, 0) is 67.3 Å². The zero-order chi connectivity index (χ0) is 14.2. The standard InChI is InChI=1S/C13H8Br2F3N/c14-10-5-8(6-11(15)12(10)19)7-2-1-3-9(4-7)13(16,17)18/h1-6H,19H2. The van der Waals surface area contributed by atoms with Crippen molar-refractivity contribution in [3.63, 3.8) is 0 Å². The van der Waals surface area contributed by atoms with E-state index in [1.54, 1.807) is 18.2 Å². The summed E-state index contributed by atoms with van der Waals surface area (Å²) in [6, 6.07) is 8.55. The van der Waals surface area contributed by atoms with Crippen molar-refractivity contribution in [3.05, 3.63) is 50.9 Å². The van der Waals surface area contributed by atoms with Crippen molar-refractivity contribution >= 4 is 37.5 Å². The van der Waals surface area contributed by atoms with Gasteiger partial charge in [0.15, 0.2) is 0 Å². The first-order chi connectivity index (χ1) is 8.79. The van der Waals surface area contributed by atoms with Crippen molar-refractivity contribution in [2.45, 2.75) is 6.18 Å². The van der Waals surface area contributed by atoms with Gasteiger partial charge in [0.1, 0.15) is 0 Å². The molecule has 2 N–H and O–H groups in total. The molecular weight excluding hydrogens is 387 g/mol. The van der Waals surface area contributed by atoms with Crippen LogP contribution in [0.4, 0.5) is 18.9 Å². The molecule has 0 spiro atoms. The van der Waals surface area contributed by atoms with E-state index < -0.39 is 11.7 Å². The lowest BCUT2D eigenvalue weighted by molar-refractivity contribution is -0.137. The van der Waals surface area contributed by atoms with Crippen molar-refractivity contribution in [1.29, 1.82) is 0 Å². The molecule has 0 saturated carbocycles. The summed E-state index contributed by atoms with van der Waals surface area (Å²) in [5.41, 5.74) is 6.73. The molecule has 6 heteroatoms. The van der Waals surface area contributed by atoms with Crippen LogP contribution < -0.4 is 5.73 Å². The maximum atomic E-state index is 12.7. The Hall–Kier alpha value is -1.01. The molecule has 2 aromatic rings. The summed E-state index contributed by atoms with van der Waals surface area (Å²) < 4.78 is 39.3. The summed E-state index contributed by atoms with van der Waals surface area (Å²) in [5.74, 6) is 0. The monoisotopic (exact) mass is 393 g/mol. The van der Waals surface area contributed by atoms with Gasteiger partial charge >= 0.3 is 6.18 Å². The summed E-state index contributed by atoms with van der Waals surface area (Å²) in [7, 11) is 0. The van der Waals surface area contributed by atoms with Crippen LogP contribution >= 0.6 is 31.9 Å². The molecule has 0 unspecified atom stereocenters. The fourth-order valence-electron chi connectivity index (χ4n) is 1.63. The van der Waals surface area contributed by atoms with E-state index in [0.29, 0.717) is 25.8 Å². The first-order valence-corrected chi connectivity index (χ1v) is 6.80. The fraction of sp³-hybridized carbons (Fsp3) is 0.0769. The van der Waals surface area contributed by atoms with Gasteiger partial charge in [-0.15, -0.1) is 0 Å². The van der Waals surface area contributed by atoms with Crippen LogP contribution in [0.2, 0.25) is 0 Å². The summed E-state index contributed by atoms with van der Waals surface area (Å²) >= 11 is 6.55. The van der Waals surface area contributed by atoms with E-state index in [4.69, 9.17) is 5.73 Å². The molecule has 0 aliphatic carbocycles. The van der Waals surface area contributed by atoms with Crippen molar-refractivity contribution in [1.82, 2.24) is 0 Å². The topological polar surface area (TPSA) is 26.0 Å². The van der Waals surface area contributed by atoms with Gasteiger partial charge in [-0.25, -0.2) is 0 Å². The Balaban J connectivity index is 2.54. The predicted molar refractivity (Wildman–Crippen MR) is 76.7 cm³/mol. The third kappa shape index (κ3) is 3.12. The predicted octanol–water partition coefficient (Wildman–Crippen LogP) is 5.48. The molecule has 0 fully saturated rings. The van der Waals surface area contributed by atoms with Crippen molar-refractivity contribution in [2.75, 3.05) is 5.73 Å². The van der Waals surface area contributed by atoms with Crippen LogP contribution in [0.1, 0.15) is 5.56 Å². The number of benzene rings is 2. The number of hydrogen-bond acceptors (Lipinski definition) is 1. The van der Waals surface area contributed by atoms with E-state index >= 15 is 0 Å². The third-order valence-electron chi connectivity index (χ3n) is 2.60.